The van der Waals surface area contributed by atoms with Crippen molar-refractivity contribution in [2.45, 2.75) is 38.8 Å². The van der Waals surface area contributed by atoms with Crippen LogP contribution in [0.15, 0.2) is 30.7 Å². The van der Waals surface area contributed by atoms with E-state index in [0.29, 0.717) is 35.9 Å². The quantitative estimate of drug-likeness (QED) is 0.625. The summed E-state index contributed by atoms with van der Waals surface area (Å²) in [5.41, 5.74) is 1.14. The molecule has 160 valence electrons. The van der Waals surface area contributed by atoms with Crippen LogP contribution < -0.4 is 10.6 Å². The van der Waals surface area contributed by atoms with E-state index in [1.54, 1.807) is 29.0 Å². The van der Waals surface area contributed by atoms with E-state index in [2.05, 4.69) is 30.6 Å². The highest BCUT2D eigenvalue weighted by molar-refractivity contribution is 6.03. The molecule has 10 heteroatoms. The van der Waals surface area contributed by atoms with Gasteiger partial charge in [-0.25, -0.2) is 19.9 Å². The first kappa shape index (κ1) is 19.4. The summed E-state index contributed by atoms with van der Waals surface area (Å²) in [6, 6.07) is 5.40. The largest absolute Gasteiger partial charge is 0.364 e. The fraction of sp³-hybridized carbons (Fsp3) is 0.429. The minimum atomic E-state index is -0.355. The highest BCUT2D eigenvalue weighted by atomic mass is 16.2. The Morgan fingerprint density at radius 1 is 1.16 bits per heavy atom. The number of hydrogen-bond donors (Lipinski definition) is 2. The van der Waals surface area contributed by atoms with E-state index >= 15 is 0 Å². The Bertz CT molecular complexity index is 1130. The Kier molecular flexibility index (Phi) is 4.97. The number of hydrogen-bond acceptors (Lipinski definition) is 7. The van der Waals surface area contributed by atoms with Crippen LogP contribution in [0.1, 0.15) is 36.8 Å². The average Bonchev–Trinajstić information content (AvgIpc) is 3.41. The van der Waals surface area contributed by atoms with E-state index in [0.717, 1.165) is 25.8 Å². The number of carbonyl (C=O) groups excluding carboxylic acids is 2. The van der Waals surface area contributed by atoms with Crippen molar-refractivity contribution in [3.8, 4) is 0 Å². The molecule has 2 N–H and O–H groups in total. The second-order valence-corrected chi connectivity index (χ2v) is 7.93. The zero-order valence-corrected chi connectivity index (χ0v) is 17.3. The van der Waals surface area contributed by atoms with Gasteiger partial charge in [0.1, 0.15) is 12.1 Å². The van der Waals surface area contributed by atoms with Crippen LogP contribution in [0.5, 0.6) is 0 Å². The van der Waals surface area contributed by atoms with Gasteiger partial charge >= 0.3 is 0 Å². The summed E-state index contributed by atoms with van der Waals surface area (Å²) in [5.74, 6) is 1.42. The molecule has 3 aromatic heterocycles. The minimum Gasteiger partial charge on any atom is -0.364 e. The van der Waals surface area contributed by atoms with Crippen molar-refractivity contribution < 1.29 is 9.59 Å². The molecule has 0 spiro atoms. The molecular weight excluding hydrogens is 396 g/mol. The molecule has 0 bridgehead atoms. The molecule has 31 heavy (non-hydrogen) atoms. The number of rotatable bonds is 6. The normalized spacial score (nSPS) is 18.4. The van der Waals surface area contributed by atoms with Crippen molar-refractivity contribution in [3.63, 3.8) is 0 Å². The maximum atomic E-state index is 12.9. The third-order valence-corrected chi connectivity index (χ3v) is 5.73. The summed E-state index contributed by atoms with van der Waals surface area (Å²) in [7, 11) is 0. The third-order valence-electron chi connectivity index (χ3n) is 5.73. The molecule has 1 saturated carbocycles. The van der Waals surface area contributed by atoms with Crippen LogP contribution >= 0.6 is 0 Å². The number of carbonyl (C=O) groups is 2. The van der Waals surface area contributed by atoms with Crippen molar-refractivity contribution in [2.75, 3.05) is 23.7 Å². The molecule has 1 aliphatic carbocycles. The molecular formula is C21H24N8O2. The first-order valence-corrected chi connectivity index (χ1v) is 10.6. The topological polar surface area (TPSA) is 118 Å². The van der Waals surface area contributed by atoms with Gasteiger partial charge in [0.25, 0.3) is 5.91 Å². The Labute approximate surface area is 179 Å². The number of nitrogens with zero attached hydrogens (tertiary/aromatic N) is 6. The molecule has 4 heterocycles. The smallest absolute Gasteiger partial charge is 0.292 e. The van der Waals surface area contributed by atoms with Crippen molar-refractivity contribution in [3.05, 3.63) is 36.5 Å². The first-order chi connectivity index (χ1) is 15.1. The number of aromatic nitrogens is 5. The second-order valence-electron chi connectivity index (χ2n) is 7.93. The molecule has 0 aromatic carbocycles. The van der Waals surface area contributed by atoms with Gasteiger partial charge in [0, 0.05) is 37.8 Å². The zero-order valence-electron chi connectivity index (χ0n) is 17.3. The van der Waals surface area contributed by atoms with E-state index in [1.165, 1.54) is 6.33 Å². The summed E-state index contributed by atoms with van der Waals surface area (Å²) >= 11 is 0. The molecule has 5 rings (SSSR count). The molecule has 1 aliphatic heterocycles. The lowest BCUT2D eigenvalue weighted by Crippen LogP contribution is -2.32. The number of amides is 2. The summed E-state index contributed by atoms with van der Waals surface area (Å²) in [6.45, 7) is 3.88. The Balaban J connectivity index is 1.38. The standard InChI is InChI=1S/C21H24N8O2/c1-2-29-18-16(27-19(29)20(30)26-15-5-3-4-9-22-15)17(23-12-24-18)25-14-8-10-28(11-14)21(31)13-6-7-13/h3-5,9,12-14H,2,6-8,10-11H2,1H3,(H,22,26,30)(H,23,24,25). The Hall–Kier alpha value is -3.56. The highest BCUT2D eigenvalue weighted by Gasteiger charge is 2.36. The Morgan fingerprint density at radius 3 is 2.77 bits per heavy atom. The molecule has 2 fully saturated rings. The van der Waals surface area contributed by atoms with E-state index in [1.807, 2.05) is 11.8 Å². The van der Waals surface area contributed by atoms with Gasteiger partial charge in [-0.3, -0.25) is 9.59 Å². The molecule has 1 saturated heterocycles. The number of anilines is 2. The second kappa shape index (κ2) is 7.93. The van der Waals surface area contributed by atoms with Crippen molar-refractivity contribution in [2.24, 2.45) is 5.92 Å². The van der Waals surface area contributed by atoms with Crippen LogP contribution in [0, 0.1) is 5.92 Å². The predicted molar refractivity (Wildman–Crippen MR) is 115 cm³/mol. The van der Waals surface area contributed by atoms with Gasteiger partial charge in [-0.1, -0.05) is 6.07 Å². The van der Waals surface area contributed by atoms with Gasteiger partial charge in [0.05, 0.1) is 0 Å². The molecule has 0 radical (unpaired) electrons. The van der Waals surface area contributed by atoms with Crippen LogP contribution in [-0.2, 0) is 11.3 Å². The number of pyridine rings is 1. The van der Waals surface area contributed by atoms with E-state index < -0.39 is 0 Å². The number of likely N-dealkylation sites (tertiary alicyclic amines) is 1. The lowest BCUT2D eigenvalue weighted by molar-refractivity contribution is -0.131. The van der Waals surface area contributed by atoms with Crippen LogP contribution in [0.25, 0.3) is 11.2 Å². The monoisotopic (exact) mass is 420 g/mol. The first-order valence-electron chi connectivity index (χ1n) is 10.6. The van der Waals surface area contributed by atoms with Crippen molar-refractivity contribution in [1.29, 1.82) is 0 Å². The fourth-order valence-electron chi connectivity index (χ4n) is 3.98. The number of fused-ring (bicyclic) bond motifs is 1. The molecule has 1 unspecified atom stereocenters. The number of nitrogens with one attached hydrogen (secondary N) is 2. The van der Waals surface area contributed by atoms with E-state index in [9.17, 15) is 9.59 Å². The van der Waals surface area contributed by atoms with Crippen LogP contribution in [-0.4, -0.2) is 60.3 Å². The van der Waals surface area contributed by atoms with Gasteiger partial charge in [-0.15, -0.1) is 0 Å². The van der Waals surface area contributed by atoms with Gasteiger partial charge < -0.3 is 20.1 Å². The maximum Gasteiger partial charge on any atom is 0.292 e. The summed E-state index contributed by atoms with van der Waals surface area (Å²) in [5, 5.41) is 6.19. The number of imidazole rings is 1. The van der Waals surface area contributed by atoms with Gasteiger partial charge in [-0.2, -0.15) is 0 Å². The van der Waals surface area contributed by atoms with Crippen LogP contribution in [0.4, 0.5) is 11.6 Å². The maximum absolute atomic E-state index is 12.9. The molecule has 2 amide bonds. The summed E-state index contributed by atoms with van der Waals surface area (Å²) < 4.78 is 1.76. The van der Waals surface area contributed by atoms with E-state index in [-0.39, 0.29) is 29.6 Å². The lowest BCUT2D eigenvalue weighted by Gasteiger charge is -2.17. The summed E-state index contributed by atoms with van der Waals surface area (Å²) in [4.78, 5) is 44.6. The van der Waals surface area contributed by atoms with Crippen molar-refractivity contribution >= 4 is 34.6 Å². The van der Waals surface area contributed by atoms with Gasteiger partial charge in [0.2, 0.25) is 11.7 Å². The predicted octanol–water partition coefficient (Wildman–Crippen LogP) is 1.92. The van der Waals surface area contributed by atoms with E-state index in [4.69, 9.17) is 0 Å². The zero-order chi connectivity index (χ0) is 21.4. The number of aryl methyl sites for hydroxylation is 1. The molecule has 3 aromatic rings. The third kappa shape index (κ3) is 3.80. The highest BCUT2D eigenvalue weighted by Crippen LogP contribution is 2.32. The summed E-state index contributed by atoms with van der Waals surface area (Å²) in [6.07, 6.45) is 5.97. The fourth-order valence-corrected chi connectivity index (χ4v) is 3.98. The Morgan fingerprint density at radius 2 is 2.03 bits per heavy atom. The van der Waals surface area contributed by atoms with Crippen LogP contribution in [0.3, 0.4) is 0 Å². The van der Waals surface area contributed by atoms with Gasteiger partial charge in [-0.05, 0) is 38.3 Å². The molecule has 2 aliphatic rings. The van der Waals surface area contributed by atoms with Crippen molar-refractivity contribution in [1.82, 2.24) is 29.4 Å². The minimum absolute atomic E-state index is 0.0957. The lowest BCUT2D eigenvalue weighted by atomic mass is 10.2. The molecule has 10 nitrogen and oxygen atoms in total. The van der Waals surface area contributed by atoms with Gasteiger partial charge in [0.15, 0.2) is 17.0 Å². The SMILES string of the molecule is CCn1c(C(=O)Nc2ccccn2)nc2c(NC3CCN(C(=O)C4CC4)C3)ncnc21. The molecule has 1 atom stereocenters. The van der Waals surface area contributed by atoms with Crippen LogP contribution in [0.2, 0.25) is 0 Å². The average molecular weight is 420 g/mol.